The molecule has 0 radical (unpaired) electrons. The van der Waals surface area contributed by atoms with Crippen molar-refractivity contribution in [1.82, 2.24) is 5.32 Å². The molecule has 0 aromatic heterocycles. The van der Waals surface area contributed by atoms with Crippen LogP contribution in [0.15, 0.2) is 22.7 Å². The molecule has 1 unspecified atom stereocenters. The summed E-state index contributed by atoms with van der Waals surface area (Å²) in [6.07, 6.45) is 0. The molecule has 1 aromatic carbocycles. The first-order valence-corrected chi connectivity index (χ1v) is 5.34. The number of hydrogen-bond donors (Lipinski definition) is 2. The minimum absolute atomic E-state index is 0.0409. The quantitative estimate of drug-likeness (QED) is 0.800. The van der Waals surface area contributed by atoms with Crippen LogP contribution in [-0.2, 0) is 0 Å². The molecule has 1 aromatic rings. The third kappa shape index (κ3) is 2.69. The van der Waals surface area contributed by atoms with Gasteiger partial charge in [0.05, 0.1) is 0 Å². The van der Waals surface area contributed by atoms with Crippen LogP contribution in [0, 0.1) is 5.82 Å². The highest BCUT2D eigenvalue weighted by molar-refractivity contribution is 9.10. The van der Waals surface area contributed by atoms with Gasteiger partial charge in [-0.25, -0.2) is 4.39 Å². The van der Waals surface area contributed by atoms with Crippen LogP contribution in [0.5, 0.6) is 0 Å². The van der Waals surface area contributed by atoms with Gasteiger partial charge in [0.15, 0.2) is 0 Å². The van der Waals surface area contributed by atoms with Crippen molar-refractivity contribution in [2.45, 2.75) is 6.04 Å². The van der Waals surface area contributed by atoms with E-state index in [0.29, 0.717) is 11.3 Å². The van der Waals surface area contributed by atoms with Gasteiger partial charge in [0, 0.05) is 21.8 Å². The Balaban J connectivity index is 3.03. The fourth-order valence-electron chi connectivity index (χ4n) is 1.13. The summed E-state index contributed by atoms with van der Waals surface area (Å²) < 4.78 is 14.2. The number of halogens is 2. The van der Waals surface area contributed by atoms with E-state index in [-0.39, 0.29) is 11.9 Å². The summed E-state index contributed by atoms with van der Waals surface area (Å²) in [7, 11) is 1.79. The third-order valence-corrected chi connectivity index (χ3v) is 2.72. The Labute approximate surface area is 91.3 Å². The molecule has 1 N–H and O–H groups in total. The molecule has 0 saturated carbocycles. The van der Waals surface area contributed by atoms with E-state index >= 15 is 0 Å². The van der Waals surface area contributed by atoms with Crippen LogP contribution in [-0.4, -0.2) is 12.8 Å². The highest BCUT2D eigenvalue weighted by Gasteiger charge is 2.12. The van der Waals surface area contributed by atoms with Crippen molar-refractivity contribution in [1.29, 1.82) is 0 Å². The van der Waals surface area contributed by atoms with Gasteiger partial charge in [-0.15, -0.1) is 0 Å². The fraction of sp³-hybridized carbons (Fsp3) is 0.333. The van der Waals surface area contributed by atoms with Crippen molar-refractivity contribution in [3.8, 4) is 0 Å². The van der Waals surface area contributed by atoms with Crippen LogP contribution >= 0.6 is 28.6 Å². The van der Waals surface area contributed by atoms with E-state index in [2.05, 4.69) is 33.9 Å². The zero-order valence-corrected chi connectivity index (χ0v) is 9.70. The first-order chi connectivity index (χ1) is 6.19. The SMILES string of the molecule is CNC(CS)c1cc(Br)ccc1F. The average molecular weight is 264 g/mol. The lowest BCUT2D eigenvalue weighted by Gasteiger charge is -2.14. The summed E-state index contributed by atoms with van der Waals surface area (Å²) >= 11 is 7.45. The van der Waals surface area contributed by atoms with Gasteiger partial charge in [-0.2, -0.15) is 12.6 Å². The molecule has 0 aliphatic heterocycles. The Hall–Kier alpha value is -0.0600. The van der Waals surface area contributed by atoms with Crippen molar-refractivity contribution in [2.24, 2.45) is 0 Å². The van der Waals surface area contributed by atoms with Crippen molar-refractivity contribution in [3.63, 3.8) is 0 Å². The van der Waals surface area contributed by atoms with Gasteiger partial charge in [0.2, 0.25) is 0 Å². The molecule has 1 rings (SSSR count). The van der Waals surface area contributed by atoms with E-state index in [0.717, 1.165) is 4.47 Å². The molecule has 1 atom stereocenters. The van der Waals surface area contributed by atoms with Crippen molar-refractivity contribution in [2.75, 3.05) is 12.8 Å². The summed E-state index contributed by atoms with van der Waals surface area (Å²) in [4.78, 5) is 0. The fourth-order valence-corrected chi connectivity index (χ4v) is 1.88. The Bertz CT molecular complexity index is 289. The molecule has 0 aliphatic rings. The van der Waals surface area contributed by atoms with Crippen LogP contribution in [0.3, 0.4) is 0 Å². The Morgan fingerprint density at radius 1 is 1.62 bits per heavy atom. The van der Waals surface area contributed by atoms with Crippen LogP contribution in [0.25, 0.3) is 0 Å². The van der Waals surface area contributed by atoms with E-state index in [1.54, 1.807) is 19.2 Å². The lowest BCUT2D eigenvalue weighted by atomic mass is 10.1. The van der Waals surface area contributed by atoms with E-state index in [9.17, 15) is 4.39 Å². The summed E-state index contributed by atoms with van der Waals surface area (Å²) in [5.74, 6) is 0.376. The lowest BCUT2D eigenvalue weighted by Crippen LogP contribution is -2.19. The van der Waals surface area contributed by atoms with Crippen molar-refractivity contribution >= 4 is 28.6 Å². The predicted octanol–water partition coefficient (Wildman–Crippen LogP) is 2.78. The maximum atomic E-state index is 13.3. The Morgan fingerprint density at radius 3 is 2.85 bits per heavy atom. The molecule has 0 saturated heterocycles. The van der Waals surface area contributed by atoms with Gasteiger partial charge >= 0.3 is 0 Å². The predicted molar refractivity (Wildman–Crippen MR) is 59.8 cm³/mol. The smallest absolute Gasteiger partial charge is 0.128 e. The van der Waals surface area contributed by atoms with E-state index in [1.807, 2.05) is 0 Å². The highest BCUT2D eigenvalue weighted by atomic mass is 79.9. The second kappa shape index (κ2) is 4.98. The molecule has 0 amide bonds. The molecule has 0 bridgehead atoms. The molecule has 72 valence electrons. The molecule has 0 aliphatic carbocycles. The maximum Gasteiger partial charge on any atom is 0.128 e. The third-order valence-electron chi connectivity index (χ3n) is 1.86. The van der Waals surface area contributed by atoms with Crippen molar-refractivity contribution in [3.05, 3.63) is 34.1 Å². The standard InChI is InChI=1S/C9H11BrFNS/c1-12-9(5-13)7-4-6(10)2-3-8(7)11/h2-4,9,12-13H,5H2,1H3. The monoisotopic (exact) mass is 263 g/mol. The van der Waals surface area contributed by atoms with Gasteiger partial charge in [0.25, 0.3) is 0 Å². The van der Waals surface area contributed by atoms with Crippen LogP contribution in [0.1, 0.15) is 11.6 Å². The molecule has 4 heteroatoms. The topological polar surface area (TPSA) is 12.0 Å². The maximum absolute atomic E-state index is 13.3. The number of hydrogen-bond acceptors (Lipinski definition) is 2. The molecule has 0 heterocycles. The molecular weight excluding hydrogens is 253 g/mol. The van der Waals surface area contributed by atoms with Crippen LogP contribution < -0.4 is 5.32 Å². The lowest BCUT2D eigenvalue weighted by molar-refractivity contribution is 0.566. The van der Waals surface area contributed by atoms with E-state index < -0.39 is 0 Å². The number of nitrogens with one attached hydrogen (secondary N) is 1. The molecule has 0 fully saturated rings. The van der Waals surface area contributed by atoms with Gasteiger partial charge in [-0.1, -0.05) is 15.9 Å². The molecule has 13 heavy (non-hydrogen) atoms. The first-order valence-electron chi connectivity index (χ1n) is 3.92. The van der Waals surface area contributed by atoms with Crippen LogP contribution in [0.2, 0.25) is 0 Å². The summed E-state index contributed by atoms with van der Waals surface area (Å²) in [5, 5.41) is 3.00. The number of rotatable bonds is 3. The highest BCUT2D eigenvalue weighted by Crippen LogP contribution is 2.22. The molecular formula is C9H11BrFNS. The zero-order chi connectivity index (χ0) is 9.84. The van der Waals surface area contributed by atoms with E-state index in [1.165, 1.54) is 6.07 Å². The molecule has 0 spiro atoms. The minimum atomic E-state index is -0.198. The number of thiol groups is 1. The summed E-state index contributed by atoms with van der Waals surface area (Å²) in [6, 6.07) is 4.87. The minimum Gasteiger partial charge on any atom is -0.312 e. The zero-order valence-electron chi connectivity index (χ0n) is 7.22. The van der Waals surface area contributed by atoms with Gasteiger partial charge in [-0.3, -0.25) is 0 Å². The first kappa shape index (κ1) is 11.0. The summed E-state index contributed by atoms with van der Waals surface area (Å²) in [6.45, 7) is 0. The van der Waals surface area contributed by atoms with Gasteiger partial charge in [-0.05, 0) is 25.2 Å². The molecule has 1 nitrogen and oxygen atoms in total. The van der Waals surface area contributed by atoms with Crippen LogP contribution in [0.4, 0.5) is 4.39 Å². The normalized spacial score (nSPS) is 12.9. The van der Waals surface area contributed by atoms with Gasteiger partial charge in [0.1, 0.15) is 5.82 Å². The average Bonchev–Trinajstić information content (AvgIpc) is 2.13. The number of benzene rings is 1. The summed E-state index contributed by atoms with van der Waals surface area (Å²) in [5.41, 5.74) is 0.645. The Morgan fingerprint density at radius 2 is 2.31 bits per heavy atom. The van der Waals surface area contributed by atoms with Gasteiger partial charge < -0.3 is 5.32 Å². The van der Waals surface area contributed by atoms with Crippen molar-refractivity contribution < 1.29 is 4.39 Å². The largest absolute Gasteiger partial charge is 0.312 e. The second-order valence-electron chi connectivity index (χ2n) is 2.69. The van der Waals surface area contributed by atoms with E-state index in [4.69, 9.17) is 0 Å². The second-order valence-corrected chi connectivity index (χ2v) is 3.97. The Kier molecular flexibility index (Phi) is 4.22.